The predicted octanol–water partition coefficient (Wildman–Crippen LogP) is 2.80. The Morgan fingerprint density at radius 3 is 2.34 bits per heavy atom. The van der Waals surface area contributed by atoms with E-state index in [4.69, 9.17) is 23.2 Å². The third kappa shape index (κ3) is 4.58. The van der Waals surface area contributed by atoms with E-state index in [9.17, 15) is 24.3 Å². The van der Waals surface area contributed by atoms with E-state index in [2.05, 4.69) is 19.8 Å². The fourth-order valence-electron chi connectivity index (χ4n) is 2.96. The Morgan fingerprint density at radius 2 is 1.84 bits per heavy atom. The largest absolute Gasteiger partial charge is 0.465 e. The second-order valence-corrected chi connectivity index (χ2v) is 7.91. The van der Waals surface area contributed by atoms with E-state index in [0.29, 0.717) is 5.56 Å². The number of hydrogen-bond acceptors (Lipinski definition) is 7. The number of anilines is 1. The summed E-state index contributed by atoms with van der Waals surface area (Å²) in [5, 5.41) is 16.7. The molecule has 0 aliphatic heterocycles. The summed E-state index contributed by atoms with van der Waals surface area (Å²) in [6, 6.07) is 3.86. The highest BCUT2D eigenvalue weighted by Gasteiger charge is 2.25. The Balaban J connectivity index is 2.03. The zero-order valence-corrected chi connectivity index (χ0v) is 18.6. The van der Waals surface area contributed by atoms with Gasteiger partial charge in [-0.15, -0.1) is 0 Å². The van der Waals surface area contributed by atoms with Gasteiger partial charge in [-0.25, -0.2) is 14.3 Å². The zero-order valence-electron chi connectivity index (χ0n) is 17.0. The molecule has 1 amide bonds. The number of aryl methyl sites for hydroxylation is 1. The molecule has 11 nitrogen and oxygen atoms in total. The molecule has 168 valence electrons. The molecule has 0 aliphatic rings. The van der Waals surface area contributed by atoms with Gasteiger partial charge in [-0.2, -0.15) is 5.10 Å². The summed E-state index contributed by atoms with van der Waals surface area (Å²) < 4.78 is 5.42. The first-order chi connectivity index (χ1) is 15.0. The zero-order chi connectivity index (χ0) is 23.7. The van der Waals surface area contributed by atoms with Gasteiger partial charge in [0.1, 0.15) is 5.69 Å². The van der Waals surface area contributed by atoms with Crippen LogP contribution >= 0.6 is 23.2 Å². The average Bonchev–Trinajstić information content (AvgIpc) is 3.11. The number of aromatic nitrogens is 4. The van der Waals surface area contributed by atoms with E-state index in [1.165, 1.54) is 25.2 Å². The average molecular weight is 482 g/mol. The van der Waals surface area contributed by atoms with Crippen molar-refractivity contribution in [2.45, 2.75) is 26.3 Å². The van der Waals surface area contributed by atoms with Crippen molar-refractivity contribution in [1.29, 1.82) is 0 Å². The molecule has 0 saturated heterocycles. The van der Waals surface area contributed by atoms with E-state index in [1.807, 2.05) is 13.8 Å². The molecule has 0 bridgehead atoms. The summed E-state index contributed by atoms with van der Waals surface area (Å²) in [7, 11) is 1.43. The lowest BCUT2D eigenvalue weighted by atomic mass is 10.0. The van der Waals surface area contributed by atoms with Crippen LogP contribution in [-0.2, 0) is 13.6 Å². The maximum absolute atomic E-state index is 13.1. The molecule has 0 saturated carbocycles. The van der Waals surface area contributed by atoms with E-state index < -0.39 is 17.6 Å². The van der Waals surface area contributed by atoms with Crippen LogP contribution in [0.2, 0.25) is 10.0 Å². The van der Waals surface area contributed by atoms with Crippen molar-refractivity contribution in [3.8, 4) is 0 Å². The van der Waals surface area contributed by atoms with Gasteiger partial charge in [0.2, 0.25) is 5.78 Å². The van der Waals surface area contributed by atoms with Crippen LogP contribution in [0.25, 0.3) is 0 Å². The van der Waals surface area contributed by atoms with Gasteiger partial charge in [-0.3, -0.25) is 24.0 Å². The van der Waals surface area contributed by atoms with Crippen LogP contribution in [0.1, 0.15) is 47.2 Å². The molecular weight excluding hydrogens is 465 g/mol. The second-order valence-electron chi connectivity index (χ2n) is 7.09. The Labute approximate surface area is 190 Å². The van der Waals surface area contributed by atoms with Crippen molar-refractivity contribution >= 4 is 40.8 Å². The molecule has 2 N–H and O–H groups in total. The van der Waals surface area contributed by atoms with Crippen LogP contribution < -0.4 is 16.2 Å². The highest BCUT2D eigenvalue weighted by Crippen LogP contribution is 2.33. The lowest BCUT2D eigenvalue weighted by molar-refractivity contribution is 0.103. The number of carbonyl (C=O) groups excluding carboxylic acids is 1. The Kier molecular flexibility index (Phi) is 6.51. The molecule has 1 aromatic carbocycles. The first kappa shape index (κ1) is 23.2. The van der Waals surface area contributed by atoms with Crippen molar-refractivity contribution in [2.24, 2.45) is 7.05 Å². The number of amides is 1. The SMILES string of the molecule is CC(C)c1cc(C(=O)c2c(Cl)cc(N(Cc3noc(=O)[nH]3)C(=O)O)cc2Cl)nn(C)c1=O. The first-order valence-corrected chi connectivity index (χ1v) is 9.92. The maximum atomic E-state index is 13.1. The van der Waals surface area contributed by atoms with Crippen LogP contribution in [0.15, 0.2) is 32.3 Å². The highest BCUT2D eigenvalue weighted by atomic mass is 35.5. The number of benzene rings is 1. The van der Waals surface area contributed by atoms with E-state index in [0.717, 1.165) is 9.58 Å². The number of nitrogens with zero attached hydrogens (tertiary/aromatic N) is 4. The fraction of sp³-hybridized carbons (Fsp3) is 0.263. The van der Waals surface area contributed by atoms with Gasteiger partial charge in [-0.05, 0) is 24.1 Å². The van der Waals surface area contributed by atoms with Crippen molar-refractivity contribution in [2.75, 3.05) is 4.90 Å². The number of halogens is 2. The minimum atomic E-state index is -1.39. The molecule has 0 fully saturated rings. The van der Waals surface area contributed by atoms with Crippen molar-refractivity contribution < 1.29 is 19.2 Å². The molecule has 2 aromatic heterocycles. The lowest BCUT2D eigenvalue weighted by Gasteiger charge is -2.19. The van der Waals surface area contributed by atoms with Crippen molar-refractivity contribution in [1.82, 2.24) is 19.9 Å². The highest BCUT2D eigenvalue weighted by molar-refractivity contribution is 6.41. The van der Waals surface area contributed by atoms with Gasteiger partial charge in [0.25, 0.3) is 5.56 Å². The van der Waals surface area contributed by atoms with Crippen LogP contribution in [0.3, 0.4) is 0 Å². The Bertz CT molecular complexity index is 1300. The number of nitrogens with one attached hydrogen (secondary N) is 1. The second kappa shape index (κ2) is 8.97. The summed E-state index contributed by atoms with van der Waals surface area (Å²) in [5.41, 5.74) is -0.0367. The monoisotopic (exact) mass is 481 g/mol. The molecule has 0 radical (unpaired) electrons. The molecule has 3 rings (SSSR count). The number of hydrogen-bond donors (Lipinski definition) is 2. The smallest absolute Gasteiger partial charge is 0.438 e. The fourth-order valence-corrected chi connectivity index (χ4v) is 3.61. The van der Waals surface area contributed by atoms with Gasteiger partial charge in [0, 0.05) is 12.6 Å². The normalized spacial score (nSPS) is 11.1. The standard InChI is InChI=1S/C19H17Cl2N5O6/c1-8(2)10-6-13(23-25(3)17(10)28)16(27)15-11(20)4-9(5-12(15)21)26(19(30)31)7-14-22-18(29)32-24-14/h4-6,8H,7H2,1-3H3,(H,30,31)(H,22,24,29). The van der Waals surface area contributed by atoms with E-state index in [1.54, 1.807) is 0 Å². The molecule has 3 aromatic rings. The third-order valence-corrected chi connectivity index (χ3v) is 5.13. The Morgan fingerprint density at radius 1 is 1.22 bits per heavy atom. The van der Waals surface area contributed by atoms with Gasteiger partial charge in [0.15, 0.2) is 5.82 Å². The van der Waals surface area contributed by atoms with Crippen LogP contribution in [0.5, 0.6) is 0 Å². The van der Waals surface area contributed by atoms with E-state index in [-0.39, 0.29) is 50.8 Å². The first-order valence-electron chi connectivity index (χ1n) is 9.17. The van der Waals surface area contributed by atoms with Crippen molar-refractivity contribution in [3.63, 3.8) is 0 Å². The third-order valence-electron chi connectivity index (χ3n) is 4.53. The van der Waals surface area contributed by atoms with E-state index >= 15 is 0 Å². The lowest BCUT2D eigenvalue weighted by Crippen LogP contribution is -2.29. The maximum Gasteiger partial charge on any atom is 0.438 e. The molecule has 0 unspecified atom stereocenters. The molecule has 32 heavy (non-hydrogen) atoms. The molecular formula is C19H17Cl2N5O6. The predicted molar refractivity (Wildman–Crippen MR) is 115 cm³/mol. The number of rotatable bonds is 6. The quantitative estimate of drug-likeness (QED) is 0.509. The van der Waals surface area contributed by atoms with Gasteiger partial charge in [-0.1, -0.05) is 42.2 Å². The van der Waals surface area contributed by atoms with Gasteiger partial charge >= 0.3 is 11.8 Å². The Hall–Kier alpha value is -3.44. The summed E-state index contributed by atoms with van der Waals surface area (Å²) in [5.74, 6) is -1.66. The summed E-state index contributed by atoms with van der Waals surface area (Å²) in [6.45, 7) is 3.26. The van der Waals surface area contributed by atoms with Gasteiger partial charge < -0.3 is 5.11 Å². The van der Waals surface area contributed by atoms with Crippen LogP contribution in [-0.4, -0.2) is 36.9 Å². The number of carbonyl (C=O) groups is 2. The number of aromatic amines is 1. The van der Waals surface area contributed by atoms with Crippen LogP contribution in [0.4, 0.5) is 10.5 Å². The number of H-pyrrole nitrogens is 1. The van der Waals surface area contributed by atoms with Crippen LogP contribution in [0, 0.1) is 0 Å². The summed E-state index contributed by atoms with van der Waals surface area (Å²) >= 11 is 12.6. The summed E-state index contributed by atoms with van der Waals surface area (Å²) in [6.07, 6.45) is -1.39. The minimum absolute atomic E-state index is 0.0317. The summed E-state index contributed by atoms with van der Waals surface area (Å²) in [4.78, 5) is 51.2. The molecule has 13 heteroatoms. The van der Waals surface area contributed by atoms with Gasteiger partial charge in [0.05, 0.1) is 27.8 Å². The minimum Gasteiger partial charge on any atom is -0.465 e. The molecule has 0 atom stereocenters. The molecule has 2 heterocycles. The number of ketones is 1. The number of carboxylic acid groups (broad SMARTS) is 1. The topological polar surface area (TPSA) is 151 Å². The van der Waals surface area contributed by atoms with Crippen molar-refractivity contribution in [3.05, 3.63) is 71.8 Å². The molecule has 0 aliphatic carbocycles. The molecule has 0 spiro atoms.